The number of nitrogens with two attached hydrogens (primary N) is 1. The van der Waals surface area contributed by atoms with Crippen LogP contribution in [0.25, 0.3) is 0 Å². The normalized spacial score (nSPS) is 9.63. The van der Waals surface area contributed by atoms with Gasteiger partial charge < -0.3 is 11.1 Å². The average molecular weight is 252 g/mol. The lowest BCUT2D eigenvalue weighted by atomic mass is 10.1. The number of nitrogens with one attached hydrogen (secondary N) is 1. The molecule has 0 atom stereocenters. The van der Waals surface area contributed by atoms with Gasteiger partial charge in [0, 0.05) is 18.4 Å². The first kappa shape index (κ1) is 12.6. The second-order valence-corrected chi connectivity index (χ2v) is 3.97. The van der Waals surface area contributed by atoms with E-state index in [0.717, 1.165) is 5.56 Å². The molecule has 0 saturated heterocycles. The van der Waals surface area contributed by atoms with Crippen LogP contribution < -0.4 is 11.1 Å². The molecular formula is C14H12N4O. The van der Waals surface area contributed by atoms with Crippen LogP contribution in [0.3, 0.4) is 0 Å². The third-order valence-electron chi connectivity index (χ3n) is 2.55. The zero-order chi connectivity index (χ0) is 13.7. The zero-order valence-electron chi connectivity index (χ0n) is 10.1. The maximum atomic E-state index is 11.8. The van der Waals surface area contributed by atoms with Gasteiger partial charge in [-0.15, -0.1) is 0 Å². The van der Waals surface area contributed by atoms with Gasteiger partial charge in [-0.3, -0.25) is 9.78 Å². The number of hydrogen-bond acceptors (Lipinski definition) is 4. The molecule has 5 nitrogen and oxygen atoms in total. The summed E-state index contributed by atoms with van der Waals surface area (Å²) in [5, 5.41) is 11.4. The summed E-state index contributed by atoms with van der Waals surface area (Å²) in [6.07, 6.45) is 1.49. The van der Waals surface area contributed by atoms with E-state index < -0.39 is 0 Å². The van der Waals surface area contributed by atoms with Crippen molar-refractivity contribution in [3.63, 3.8) is 0 Å². The molecule has 2 rings (SSSR count). The Bertz CT molecular complexity index is 629. The van der Waals surface area contributed by atoms with E-state index in [1.54, 1.807) is 30.3 Å². The van der Waals surface area contributed by atoms with Crippen molar-refractivity contribution in [1.29, 1.82) is 5.26 Å². The summed E-state index contributed by atoms with van der Waals surface area (Å²) in [5.74, 6) is -0.281. The standard InChI is InChI=1S/C14H12N4O/c15-8-10-1-3-11(4-2-10)9-18-14(19)13-7-12(16)5-6-17-13/h1-7H,9H2,(H2,16,17)(H,18,19). The molecular weight excluding hydrogens is 240 g/mol. The number of carbonyl (C=O) groups is 1. The number of hydrogen-bond donors (Lipinski definition) is 2. The summed E-state index contributed by atoms with van der Waals surface area (Å²) in [5.41, 5.74) is 7.87. The molecule has 0 spiro atoms. The largest absolute Gasteiger partial charge is 0.399 e. The van der Waals surface area contributed by atoms with Crippen molar-refractivity contribution in [2.75, 3.05) is 5.73 Å². The fourth-order valence-corrected chi connectivity index (χ4v) is 1.54. The van der Waals surface area contributed by atoms with Gasteiger partial charge in [-0.25, -0.2) is 0 Å². The Morgan fingerprint density at radius 1 is 1.32 bits per heavy atom. The van der Waals surface area contributed by atoms with E-state index in [0.29, 0.717) is 17.8 Å². The number of nitrogen functional groups attached to an aromatic ring is 1. The van der Waals surface area contributed by atoms with Crippen molar-refractivity contribution < 1.29 is 4.79 Å². The van der Waals surface area contributed by atoms with E-state index in [2.05, 4.69) is 10.3 Å². The van der Waals surface area contributed by atoms with Crippen LogP contribution in [-0.4, -0.2) is 10.9 Å². The van der Waals surface area contributed by atoms with Gasteiger partial charge in [0.1, 0.15) is 5.69 Å². The third kappa shape index (κ3) is 3.30. The lowest BCUT2D eigenvalue weighted by molar-refractivity contribution is 0.0946. The second kappa shape index (κ2) is 5.65. The molecule has 94 valence electrons. The Labute approximate surface area is 110 Å². The molecule has 0 fully saturated rings. The lowest BCUT2D eigenvalue weighted by Crippen LogP contribution is -2.23. The van der Waals surface area contributed by atoms with Gasteiger partial charge in [-0.1, -0.05) is 12.1 Å². The highest BCUT2D eigenvalue weighted by Gasteiger charge is 2.06. The minimum absolute atomic E-state index is 0.281. The topological polar surface area (TPSA) is 91.8 Å². The number of rotatable bonds is 3. The third-order valence-corrected chi connectivity index (χ3v) is 2.55. The number of aromatic nitrogens is 1. The number of nitriles is 1. The Balaban J connectivity index is 1.98. The summed E-state index contributed by atoms with van der Waals surface area (Å²) in [4.78, 5) is 15.8. The number of amides is 1. The fraction of sp³-hybridized carbons (Fsp3) is 0.0714. The summed E-state index contributed by atoms with van der Waals surface area (Å²) < 4.78 is 0. The molecule has 0 aliphatic carbocycles. The smallest absolute Gasteiger partial charge is 0.270 e. The first-order valence-corrected chi connectivity index (χ1v) is 5.68. The molecule has 5 heteroatoms. The van der Waals surface area contributed by atoms with Crippen LogP contribution in [0, 0.1) is 11.3 Å². The van der Waals surface area contributed by atoms with Crippen molar-refractivity contribution in [1.82, 2.24) is 10.3 Å². The molecule has 1 aromatic heterocycles. The van der Waals surface area contributed by atoms with Crippen LogP contribution in [0.4, 0.5) is 5.69 Å². The Morgan fingerprint density at radius 3 is 2.68 bits per heavy atom. The number of nitrogens with zero attached hydrogens (tertiary/aromatic N) is 2. The average Bonchev–Trinajstić information content (AvgIpc) is 2.45. The number of carbonyl (C=O) groups excluding carboxylic acids is 1. The molecule has 3 N–H and O–H groups in total. The minimum Gasteiger partial charge on any atom is -0.399 e. The van der Waals surface area contributed by atoms with E-state index in [9.17, 15) is 4.79 Å². The Kier molecular flexibility index (Phi) is 3.74. The van der Waals surface area contributed by atoms with Crippen LogP contribution in [0.2, 0.25) is 0 Å². The number of benzene rings is 1. The molecule has 0 aliphatic heterocycles. The van der Waals surface area contributed by atoms with Gasteiger partial charge in [0.2, 0.25) is 0 Å². The highest BCUT2D eigenvalue weighted by atomic mass is 16.1. The van der Waals surface area contributed by atoms with E-state index >= 15 is 0 Å². The zero-order valence-corrected chi connectivity index (χ0v) is 10.1. The van der Waals surface area contributed by atoms with Gasteiger partial charge in [0.15, 0.2) is 0 Å². The predicted molar refractivity (Wildman–Crippen MR) is 71.0 cm³/mol. The van der Waals surface area contributed by atoms with Gasteiger partial charge in [0.05, 0.1) is 11.6 Å². The molecule has 1 heterocycles. The van der Waals surface area contributed by atoms with E-state index in [-0.39, 0.29) is 11.6 Å². The number of pyridine rings is 1. The van der Waals surface area contributed by atoms with Crippen LogP contribution in [0.15, 0.2) is 42.6 Å². The number of anilines is 1. The van der Waals surface area contributed by atoms with Crippen molar-refractivity contribution in [2.24, 2.45) is 0 Å². The summed E-state index contributed by atoms with van der Waals surface area (Å²) in [6, 6.07) is 12.2. The highest BCUT2D eigenvalue weighted by Crippen LogP contribution is 2.05. The Hall–Kier alpha value is -2.87. The monoisotopic (exact) mass is 252 g/mol. The molecule has 2 aromatic rings. The molecule has 0 radical (unpaired) electrons. The van der Waals surface area contributed by atoms with Gasteiger partial charge in [0.25, 0.3) is 5.91 Å². The van der Waals surface area contributed by atoms with E-state index in [1.807, 2.05) is 6.07 Å². The molecule has 0 bridgehead atoms. The summed E-state index contributed by atoms with van der Waals surface area (Å²) in [6.45, 7) is 0.376. The molecule has 1 aromatic carbocycles. The van der Waals surface area contributed by atoms with Gasteiger partial charge in [-0.05, 0) is 29.8 Å². The predicted octanol–water partition coefficient (Wildman–Crippen LogP) is 1.47. The maximum absolute atomic E-state index is 11.8. The van der Waals surface area contributed by atoms with Crippen molar-refractivity contribution in [2.45, 2.75) is 6.54 Å². The second-order valence-electron chi connectivity index (χ2n) is 3.97. The summed E-state index contributed by atoms with van der Waals surface area (Å²) in [7, 11) is 0. The molecule has 0 unspecified atom stereocenters. The first-order chi connectivity index (χ1) is 9.19. The first-order valence-electron chi connectivity index (χ1n) is 5.68. The highest BCUT2D eigenvalue weighted by molar-refractivity contribution is 5.92. The Morgan fingerprint density at radius 2 is 2.05 bits per heavy atom. The van der Waals surface area contributed by atoms with Crippen molar-refractivity contribution >= 4 is 11.6 Å². The lowest BCUT2D eigenvalue weighted by Gasteiger charge is -2.05. The quantitative estimate of drug-likeness (QED) is 0.865. The SMILES string of the molecule is N#Cc1ccc(CNC(=O)c2cc(N)ccn2)cc1. The molecule has 1 amide bonds. The fourth-order valence-electron chi connectivity index (χ4n) is 1.54. The van der Waals surface area contributed by atoms with E-state index in [1.165, 1.54) is 12.3 Å². The van der Waals surface area contributed by atoms with Gasteiger partial charge in [-0.2, -0.15) is 5.26 Å². The molecule has 0 saturated carbocycles. The molecule has 0 aliphatic rings. The summed E-state index contributed by atoms with van der Waals surface area (Å²) >= 11 is 0. The minimum atomic E-state index is -0.281. The van der Waals surface area contributed by atoms with E-state index in [4.69, 9.17) is 11.0 Å². The van der Waals surface area contributed by atoms with Gasteiger partial charge >= 0.3 is 0 Å². The van der Waals surface area contributed by atoms with Crippen LogP contribution >= 0.6 is 0 Å². The van der Waals surface area contributed by atoms with Crippen molar-refractivity contribution in [3.05, 3.63) is 59.4 Å². The van der Waals surface area contributed by atoms with Crippen LogP contribution in [0.5, 0.6) is 0 Å². The molecule has 19 heavy (non-hydrogen) atoms. The van der Waals surface area contributed by atoms with Crippen LogP contribution in [0.1, 0.15) is 21.6 Å². The van der Waals surface area contributed by atoms with Crippen LogP contribution in [-0.2, 0) is 6.54 Å². The maximum Gasteiger partial charge on any atom is 0.270 e. The van der Waals surface area contributed by atoms with Crippen molar-refractivity contribution in [3.8, 4) is 6.07 Å².